The second-order valence-corrected chi connectivity index (χ2v) is 13.0. The zero-order valence-corrected chi connectivity index (χ0v) is 32.4. The summed E-state index contributed by atoms with van der Waals surface area (Å²) in [6.07, 6.45) is 5.47. The maximum Gasteiger partial charge on any atom is 0.338 e. The third kappa shape index (κ3) is 8.64. The van der Waals surface area contributed by atoms with Gasteiger partial charge in [-0.05, 0) is 71.0 Å². The van der Waals surface area contributed by atoms with E-state index in [0.29, 0.717) is 64.5 Å². The normalized spacial score (nSPS) is 13.8. The molecule has 5 aromatic rings. The van der Waals surface area contributed by atoms with E-state index in [9.17, 15) is 19.2 Å². The third-order valence-electron chi connectivity index (χ3n) is 8.81. The Labute approximate surface area is 327 Å². The van der Waals surface area contributed by atoms with Crippen LogP contribution in [-0.4, -0.2) is 84.7 Å². The summed E-state index contributed by atoms with van der Waals surface area (Å²) in [4.78, 5) is 62.0. The van der Waals surface area contributed by atoms with Crippen molar-refractivity contribution in [1.82, 2.24) is 34.2 Å². The maximum absolute atomic E-state index is 13.7. The molecular weight excluding hydrogens is 734 g/mol. The zero-order chi connectivity index (χ0) is 40.8. The number of nitrogens with zero attached hydrogens (tertiary/aromatic N) is 6. The Bertz CT molecular complexity index is 2450. The number of hydrogen-bond acceptors (Lipinski definition) is 12. The van der Waals surface area contributed by atoms with E-state index in [1.807, 2.05) is 26.0 Å². The van der Waals surface area contributed by atoms with Crippen molar-refractivity contribution in [3.63, 3.8) is 0 Å². The minimum atomic E-state index is -0.687. The summed E-state index contributed by atoms with van der Waals surface area (Å²) in [6.45, 7) is 10.5. The number of aromatic nitrogens is 6. The molecule has 2 aromatic carbocycles. The highest BCUT2D eigenvalue weighted by Crippen LogP contribution is 2.34. The Morgan fingerprint density at radius 2 is 1.49 bits per heavy atom. The topological polar surface area (TPSA) is 235 Å². The molecule has 1 aliphatic heterocycles. The number of aryl methyl sites for hydroxylation is 2. The van der Waals surface area contributed by atoms with Crippen LogP contribution >= 0.6 is 0 Å². The lowest BCUT2D eigenvalue weighted by Gasteiger charge is -2.14. The highest BCUT2D eigenvalue weighted by Gasteiger charge is 2.24. The van der Waals surface area contributed by atoms with Crippen LogP contribution in [0.3, 0.4) is 0 Å². The first-order valence-electron chi connectivity index (χ1n) is 18.6. The molecule has 0 radical (unpaired) electrons. The number of imidazole rings is 2. The molecule has 6 N–H and O–H groups in total. The summed E-state index contributed by atoms with van der Waals surface area (Å²) in [6, 6.07) is 7.93. The smallest absolute Gasteiger partial charge is 0.338 e. The van der Waals surface area contributed by atoms with E-state index < -0.39 is 23.7 Å². The van der Waals surface area contributed by atoms with E-state index in [2.05, 4.69) is 26.0 Å². The molecule has 3 aromatic heterocycles. The Balaban J connectivity index is 1.46. The fourth-order valence-electron chi connectivity index (χ4n) is 6.39. The van der Waals surface area contributed by atoms with Gasteiger partial charge in [0.25, 0.3) is 11.8 Å². The van der Waals surface area contributed by atoms with E-state index >= 15 is 0 Å². The molecule has 18 heteroatoms. The van der Waals surface area contributed by atoms with Crippen LogP contribution in [0, 0.1) is 12.3 Å². The number of primary amides is 1. The van der Waals surface area contributed by atoms with E-state index in [4.69, 9.17) is 30.3 Å². The highest BCUT2D eigenvalue weighted by molar-refractivity contribution is 6.08. The monoisotopic (exact) mass is 779 g/mol. The van der Waals surface area contributed by atoms with Crippen molar-refractivity contribution in [2.24, 2.45) is 5.73 Å². The summed E-state index contributed by atoms with van der Waals surface area (Å²) >= 11 is 0. The minimum Gasteiger partial charge on any atom is -0.491 e. The lowest BCUT2D eigenvalue weighted by atomic mass is 10.1. The van der Waals surface area contributed by atoms with Gasteiger partial charge in [-0.15, -0.1) is 0 Å². The number of carbonyl (C=O) groups is 4. The first-order chi connectivity index (χ1) is 27.4. The molecule has 4 heterocycles. The van der Waals surface area contributed by atoms with Crippen LogP contribution in [0.4, 0.5) is 11.9 Å². The van der Waals surface area contributed by atoms with Gasteiger partial charge in [-0.2, -0.15) is 5.10 Å². The molecule has 298 valence electrons. The number of ether oxygens (including phenoxy) is 3. The number of nitrogens with two attached hydrogens (primary N) is 1. The Kier molecular flexibility index (Phi) is 12.0. The standard InChI is InChI=1S/C39H45N11O7/c1-6-42-28(16-22(4)40)35(52)45-38-43-26-18-24(34(41)51)20-30-32(26)48(38)12-9-10-13-49-33-27(44-39(49)46-36(53)29-17-23(5)47-50(29)7-2)19-25(37(54)55-8-3)21-31(33)57-15-11-14-56-30/h9-10,16-21,40,42H,6-8,11-15H2,1-5H3,(H2,41,51)(H,43,45,52)(H,44,46,53)/b10-9+,28-16-,40-22?. The van der Waals surface area contributed by atoms with Gasteiger partial charge in [-0.1, -0.05) is 12.2 Å². The lowest BCUT2D eigenvalue weighted by molar-refractivity contribution is -0.113. The van der Waals surface area contributed by atoms with Crippen LogP contribution in [0.5, 0.6) is 11.5 Å². The highest BCUT2D eigenvalue weighted by atomic mass is 16.5. The number of nitrogens with one attached hydrogen (secondary N) is 4. The summed E-state index contributed by atoms with van der Waals surface area (Å²) in [5.74, 6) is -1.19. The molecular formula is C39H45N11O7. The van der Waals surface area contributed by atoms with Crippen molar-refractivity contribution in [3.05, 3.63) is 76.8 Å². The zero-order valence-electron chi connectivity index (χ0n) is 32.4. The number of likely N-dealkylation sites (N-methyl/N-ethyl adjacent to an activating group) is 1. The molecule has 0 fully saturated rings. The largest absolute Gasteiger partial charge is 0.491 e. The number of hydrogen-bond donors (Lipinski definition) is 5. The van der Waals surface area contributed by atoms with Gasteiger partial charge in [-0.3, -0.25) is 29.7 Å². The summed E-state index contributed by atoms with van der Waals surface area (Å²) < 4.78 is 23.0. The number of benzene rings is 2. The molecule has 0 bridgehead atoms. The van der Waals surface area contributed by atoms with Gasteiger partial charge in [0.2, 0.25) is 17.8 Å². The SMILES string of the molecule is CCN/C(=C\C(C)=N)C(=O)Nc1nc2cc(C(N)=O)cc3c2n1C/C=C/Cn1c(NC(=O)c2cc(C)nn2CC)nc2cc(C(=O)OCC)cc(c21)OCCCO3. The first kappa shape index (κ1) is 39.7. The van der Waals surface area contributed by atoms with E-state index in [1.165, 1.54) is 18.2 Å². The van der Waals surface area contributed by atoms with Crippen molar-refractivity contribution in [2.75, 3.05) is 37.0 Å². The maximum atomic E-state index is 13.7. The molecule has 6 rings (SSSR count). The molecule has 0 unspecified atom stereocenters. The summed E-state index contributed by atoms with van der Waals surface area (Å²) in [7, 11) is 0. The number of rotatable bonds is 11. The third-order valence-corrected chi connectivity index (χ3v) is 8.81. The van der Waals surface area contributed by atoms with Gasteiger partial charge in [0.1, 0.15) is 33.9 Å². The van der Waals surface area contributed by atoms with Gasteiger partial charge in [0, 0.05) is 43.9 Å². The Hall–Kier alpha value is -6.98. The fourth-order valence-corrected chi connectivity index (χ4v) is 6.39. The molecule has 0 saturated carbocycles. The van der Waals surface area contributed by atoms with Crippen LogP contribution in [0.25, 0.3) is 22.1 Å². The van der Waals surface area contributed by atoms with Crippen molar-refractivity contribution in [3.8, 4) is 11.5 Å². The van der Waals surface area contributed by atoms with Crippen molar-refractivity contribution >= 4 is 63.4 Å². The number of allylic oxidation sites excluding steroid dienone is 3. The van der Waals surface area contributed by atoms with E-state index in [0.717, 1.165) is 0 Å². The summed E-state index contributed by atoms with van der Waals surface area (Å²) in [5.41, 5.74) is 9.22. The van der Waals surface area contributed by atoms with Gasteiger partial charge >= 0.3 is 5.97 Å². The first-order valence-corrected chi connectivity index (χ1v) is 18.6. The van der Waals surface area contributed by atoms with Crippen LogP contribution < -0.4 is 31.2 Å². The number of anilines is 2. The van der Waals surface area contributed by atoms with Crippen LogP contribution in [0.15, 0.2) is 54.3 Å². The van der Waals surface area contributed by atoms with Crippen molar-refractivity contribution < 1.29 is 33.4 Å². The molecule has 18 nitrogen and oxygen atoms in total. The quantitative estimate of drug-likeness (QED) is 0.0548. The van der Waals surface area contributed by atoms with E-state index in [-0.39, 0.29) is 67.3 Å². The predicted molar refractivity (Wildman–Crippen MR) is 213 cm³/mol. The molecule has 3 amide bonds. The second kappa shape index (κ2) is 17.2. The molecule has 0 spiro atoms. The Morgan fingerprint density at radius 3 is 2.05 bits per heavy atom. The van der Waals surface area contributed by atoms with Crippen molar-refractivity contribution in [2.45, 2.75) is 60.7 Å². The lowest BCUT2D eigenvalue weighted by Crippen LogP contribution is -2.27. The predicted octanol–water partition coefficient (Wildman–Crippen LogP) is 4.33. The van der Waals surface area contributed by atoms with Gasteiger partial charge in [0.05, 0.1) is 42.1 Å². The minimum absolute atomic E-state index is 0.137. The molecule has 0 saturated heterocycles. The molecule has 0 atom stereocenters. The Morgan fingerprint density at radius 1 is 0.895 bits per heavy atom. The average molecular weight is 780 g/mol. The number of amides is 3. The van der Waals surface area contributed by atoms with Gasteiger partial charge in [0.15, 0.2) is 0 Å². The second-order valence-electron chi connectivity index (χ2n) is 13.0. The number of esters is 1. The van der Waals surface area contributed by atoms with Crippen LogP contribution in [0.2, 0.25) is 0 Å². The van der Waals surface area contributed by atoms with Gasteiger partial charge in [-0.25, -0.2) is 14.8 Å². The van der Waals surface area contributed by atoms with Crippen LogP contribution in [0.1, 0.15) is 71.0 Å². The molecule has 1 aliphatic rings. The molecule has 57 heavy (non-hydrogen) atoms. The average Bonchev–Trinajstić information content (AvgIpc) is 3.84. The van der Waals surface area contributed by atoms with Crippen molar-refractivity contribution in [1.29, 1.82) is 5.41 Å². The van der Waals surface area contributed by atoms with Crippen LogP contribution in [-0.2, 0) is 29.2 Å². The molecule has 0 aliphatic carbocycles. The summed E-state index contributed by atoms with van der Waals surface area (Å²) in [5, 5.41) is 21.1. The van der Waals surface area contributed by atoms with E-state index in [1.54, 1.807) is 52.8 Å². The fraction of sp³-hybridized carbons (Fsp3) is 0.333. The van der Waals surface area contributed by atoms with Gasteiger partial charge < -0.3 is 39.8 Å². The number of carbonyl (C=O) groups excluding carboxylic acids is 4.